The van der Waals surface area contributed by atoms with Crippen molar-refractivity contribution in [3.8, 4) is 0 Å². The highest BCUT2D eigenvalue weighted by Gasteiger charge is 2.64. The molecule has 0 radical (unpaired) electrons. The van der Waals surface area contributed by atoms with Gasteiger partial charge in [0, 0.05) is 34.0 Å². The molecule has 4 aliphatic rings. The van der Waals surface area contributed by atoms with E-state index in [0.717, 1.165) is 19.3 Å². The quantitative estimate of drug-likeness (QED) is 0.687. The number of methoxy groups -OCH3 is 1. The number of rotatable bonds is 5. The zero-order chi connectivity index (χ0) is 22.8. The molecule has 32 heavy (non-hydrogen) atoms. The third-order valence-electron chi connectivity index (χ3n) is 8.96. The van der Waals surface area contributed by atoms with Crippen molar-refractivity contribution in [3.63, 3.8) is 0 Å². The predicted octanol–water partition coefficient (Wildman–Crippen LogP) is 3.03. The van der Waals surface area contributed by atoms with E-state index in [9.17, 15) is 18.9 Å². The minimum Gasteiger partial charge on any atom is -0.392 e. The Hall–Kier alpha value is -1.83. The Kier molecular flexibility index (Phi) is 5.23. The molecule has 7 heteroatoms. The first kappa shape index (κ1) is 22.0. The molecule has 7 atom stereocenters. The van der Waals surface area contributed by atoms with Gasteiger partial charge in [-0.1, -0.05) is 32.0 Å². The smallest absolute Gasteiger partial charge is 0.240 e. The number of imide groups is 1. The topological polar surface area (TPSA) is 83.9 Å². The molecular weight excluding hydrogens is 426 g/mol. The summed E-state index contributed by atoms with van der Waals surface area (Å²) in [5.74, 6) is -0.843. The van der Waals surface area contributed by atoms with Gasteiger partial charge in [-0.15, -0.1) is 0 Å². The number of carbonyl (C=O) groups excluding carboxylic acids is 2. The number of para-hydroxylation sites is 1. The van der Waals surface area contributed by atoms with Crippen molar-refractivity contribution in [2.24, 2.45) is 28.6 Å². The summed E-state index contributed by atoms with van der Waals surface area (Å²) in [7, 11) is 0.174. The van der Waals surface area contributed by atoms with Crippen LogP contribution in [0.25, 0.3) is 0 Å². The number of aliphatic hydroxyl groups excluding tert-OH is 1. The van der Waals surface area contributed by atoms with Gasteiger partial charge in [-0.05, 0) is 55.2 Å². The van der Waals surface area contributed by atoms with Crippen LogP contribution in [0.2, 0.25) is 0 Å². The Morgan fingerprint density at radius 1 is 1.19 bits per heavy atom. The molecule has 1 aromatic rings. The van der Waals surface area contributed by atoms with E-state index in [4.69, 9.17) is 4.74 Å². The summed E-state index contributed by atoms with van der Waals surface area (Å²) < 4.78 is 19.2. The lowest BCUT2D eigenvalue weighted by molar-refractivity contribution is -0.124. The number of aliphatic hydroxyl groups is 1. The average molecular weight is 458 g/mol. The van der Waals surface area contributed by atoms with E-state index in [0.29, 0.717) is 28.7 Å². The average Bonchev–Trinajstić information content (AvgIpc) is 3.25. The monoisotopic (exact) mass is 457 g/mol. The van der Waals surface area contributed by atoms with Crippen molar-refractivity contribution in [2.45, 2.75) is 51.7 Å². The van der Waals surface area contributed by atoms with Crippen LogP contribution in [0.1, 0.15) is 39.5 Å². The van der Waals surface area contributed by atoms with E-state index in [-0.39, 0.29) is 22.6 Å². The van der Waals surface area contributed by atoms with E-state index in [1.807, 2.05) is 6.07 Å². The number of anilines is 1. The summed E-state index contributed by atoms with van der Waals surface area (Å²) in [5.41, 5.74) is 0.124. The van der Waals surface area contributed by atoms with Gasteiger partial charge in [-0.3, -0.25) is 13.8 Å². The summed E-state index contributed by atoms with van der Waals surface area (Å²) in [6.07, 6.45) is 3.77. The molecule has 1 aromatic carbocycles. The van der Waals surface area contributed by atoms with E-state index in [2.05, 4.69) is 13.8 Å². The highest BCUT2D eigenvalue weighted by Crippen LogP contribution is 2.66. The van der Waals surface area contributed by atoms with Crippen molar-refractivity contribution in [2.75, 3.05) is 17.8 Å². The Morgan fingerprint density at radius 2 is 1.91 bits per heavy atom. The predicted molar refractivity (Wildman–Crippen MR) is 122 cm³/mol. The normalized spacial score (nSPS) is 38.7. The zero-order valence-electron chi connectivity index (χ0n) is 18.8. The molecule has 2 bridgehead atoms. The number of fused-ring (bicyclic) bond motifs is 3. The fourth-order valence-corrected chi connectivity index (χ4v) is 8.84. The van der Waals surface area contributed by atoms with Crippen molar-refractivity contribution < 1.29 is 23.6 Å². The van der Waals surface area contributed by atoms with Gasteiger partial charge in [0.05, 0.1) is 29.7 Å². The van der Waals surface area contributed by atoms with Crippen LogP contribution in [0.4, 0.5) is 5.69 Å². The Morgan fingerprint density at radius 3 is 2.50 bits per heavy atom. The number of carbonyl (C=O) groups is 2. The summed E-state index contributed by atoms with van der Waals surface area (Å²) in [6, 6.07) is 8.94. The third kappa shape index (κ3) is 2.94. The van der Waals surface area contributed by atoms with Crippen LogP contribution in [0, 0.1) is 28.6 Å². The summed E-state index contributed by atoms with van der Waals surface area (Å²) in [5, 5.41) is 10.9. The Bertz CT molecular complexity index is 1000. The second-order valence-electron chi connectivity index (χ2n) is 10.4. The highest BCUT2D eigenvalue weighted by molar-refractivity contribution is 7.89. The standard InChI is InChI=1S/C25H31NO5S/c1-24(2)15-9-10-25(24,20(27)11-15)14-32(30)17-12-18-21(19(13-17)31-3)23(29)26(22(18)28)16-7-5-4-6-8-16/h4-8,13,15,18-21,27H,9-12,14H2,1-3H3/t15-,18-,19+,20-,21-,25-,32?/m1/s1. The lowest BCUT2D eigenvalue weighted by Crippen LogP contribution is -2.44. The molecular formula is C25H31NO5S. The first-order chi connectivity index (χ1) is 15.2. The third-order valence-corrected chi connectivity index (χ3v) is 10.6. The van der Waals surface area contributed by atoms with Crippen LogP contribution < -0.4 is 4.90 Å². The van der Waals surface area contributed by atoms with Crippen LogP contribution in [0.5, 0.6) is 0 Å². The number of hydrogen-bond acceptors (Lipinski definition) is 5. The van der Waals surface area contributed by atoms with Gasteiger partial charge in [-0.2, -0.15) is 0 Å². The molecule has 5 rings (SSSR count). The highest BCUT2D eigenvalue weighted by atomic mass is 32.2. The van der Waals surface area contributed by atoms with Crippen LogP contribution in [-0.4, -0.2) is 46.2 Å². The molecule has 2 saturated carbocycles. The van der Waals surface area contributed by atoms with E-state index < -0.39 is 34.8 Å². The van der Waals surface area contributed by atoms with Crippen LogP contribution in [0.15, 0.2) is 41.3 Å². The zero-order valence-corrected chi connectivity index (χ0v) is 19.6. The minimum atomic E-state index is -1.35. The van der Waals surface area contributed by atoms with Crippen molar-refractivity contribution in [3.05, 3.63) is 41.3 Å². The van der Waals surface area contributed by atoms with Gasteiger partial charge < -0.3 is 9.84 Å². The first-order valence-corrected chi connectivity index (χ1v) is 12.8. The Labute approximate surface area is 191 Å². The number of ether oxygens (including phenoxy) is 1. The molecule has 1 heterocycles. The summed E-state index contributed by atoms with van der Waals surface area (Å²) in [6.45, 7) is 4.39. The number of hydrogen-bond donors (Lipinski definition) is 1. The number of allylic oxidation sites excluding steroid dienone is 1. The molecule has 0 spiro atoms. The molecule has 1 aliphatic heterocycles. The molecule has 172 valence electrons. The maximum atomic E-state index is 13.6. The molecule has 3 fully saturated rings. The number of benzene rings is 1. The lowest BCUT2D eigenvalue weighted by atomic mass is 9.70. The molecule has 6 nitrogen and oxygen atoms in total. The SMILES string of the molecule is CO[C@H]1C=C(S(=O)C[C@]23CC[C@H](C[C@H]2O)C3(C)C)C[C@H]2C(=O)N(c3ccccc3)C(=O)[C@@H]12. The maximum Gasteiger partial charge on any atom is 0.240 e. The van der Waals surface area contributed by atoms with Gasteiger partial charge >= 0.3 is 0 Å². The second-order valence-corrected chi connectivity index (χ2v) is 11.9. The number of amides is 2. The summed E-state index contributed by atoms with van der Waals surface area (Å²) in [4.78, 5) is 28.4. The van der Waals surface area contributed by atoms with E-state index in [1.54, 1.807) is 30.3 Å². The van der Waals surface area contributed by atoms with Crippen LogP contribution in [-0.2, 0) is 25.1 Å². The molecule has 1 N–H and O–H groups in total. The van der Waals surface area contributed by atoms with Crippen molar-refractivity contribution >= 4 is 28.3 Å². The second kappa shape index (κ2) is 7.61. The number of nitrogens with zero attached hydrogens (tertiary/aromatic N) is 1. The van der Waals surface area contributed by atoms with Crippen LogP contribution in [0.3, 0.4) is 0 Å². The summed E-state index contributed by atoms with van der Waals surface area (Å²) >= 11 is 0. The Balaban J connectivity index is 1.42. The largest absolute Gasteiger partial charge is 0.392 e. The van der Waals surface area contributed by atoms with Gasteiger partial charge in [-0.25, -0.2) is 4.90 Å². The van der Waals surface area contributed by atoms with Crippen LogP contribution >= 0.6 is 0 Å². The molecule has 1 saturated heterocycles. The lowest BCUT2D eigenvalue weighted by Gasteiger charge is -2.40. The van der Waals surface area contributed by atoms with E-state index >= 15 is 0 Å². The molecule has 0 aromatic heterocycles. The molecule has 2 amide bonds. The van der Waals surface area contributed by atoms with Crippen molar-refractivity contribution in [1.82, 2.24) is 0 Å². The van der Waals surface area contributed by atoms with Gasteiger partial charge in [0.25, 0.3) is 0 Å². The first-order valence-electron chi connectivity index (χ1n) is 11.4. The maximum absolute atomic E-state index is 13.6. The van der Waals surface area contributed by atoms with Gasteiger partial charge in [0.1, 0.15) is 0 Å². The van der Waals surface area contributed by atoms with E-state index in [1.165, 1.54) is 12.0 Å². The fourth-order valence-electron chi connectivity index (χ4n) is 6.83. The van der Waals surface area contributed by atoms with Gasteiger partial charge in [0.15, 0.2) is 0 Å². The van der Waals surface area contributed by atoms with Crippen molar-refractivity contribution in [1.29, 1.82) is 0 Å². The molecule has 1 unspecified atom stereocenters. The molecule has 3 aliphatic carbocycles. The fraction of sp³-hybridized carbons (Fsp3) is 0.600. The van der Waals surface area contributed by atoms with Gasteiger partial charge in [0.2, 0.25) is 11.8 Å². The minimum absolute atomic E-state index is 0.0657.